The highest BCUT2D eigenvalue weighted by Crippen LogP contribution is 2.55. The fourth-order valence-corrected chi connectivity index (χ4v) is 3.80. The minimum absolute atomic E-state index is 0.313. The van der Waals surface area contributed by atoms with Crippen LogP contribution in [0.2, 0.25) is 0 Å². The van der Waals surface area contributed by atoms with Gasteiger partial charge in [-0.05, 0) is 48.4 Å². The summed E-state index contributed by atoms with van der Waals surface area (Å²) in [5.74, 6) is -0.574. The van der Waals surface area contributed by atoms with Crippen molar-refractivity contribution < 1.29 is 24.2 Å². The molecule has 0 unspecified atom stereocenters. The van der Waals surface area contributed by atoms with Crippen molar-refractivity contribution in [2.45, 2.75) is 31.2 Å². The van der Waals surface area contributed by atoms with Gasteiger partial charge in [0, 0.05) is 5.39 Å². The highest BCUT2D eigenvalue weighted by Gasteiger charge is 2.39. The molecular weight excluding hydrogens is 358 g/mol. The van der Waals surface area contributed by atoms with Crippen LogP contribution in [0.15, 0.2) is 52.9 Å². The predicted octanol–water partition coefficient (Wildman–Crippen LogP) is 3.19. The van der Waals surface area contributed by atoms with Gasteiger partial charge in [0.15, 0.2) is 6.04 Å². The second kappa shape index (κ2) is 7.13. The number of benzene rings is 2. The number of carbonyl (C=O) groups excluding carboxylic acids is 1. The van der Waals surface area contributed by atoms with Crippen molar-refractivity contribution in [2.75, 3.05) is 6.61 Å². The molecule has 1 amide bonds. The number of carboxylic acids is 1. The molecule has 1 fully saturated rings. The first-order valence-electron chi connectivity index (χ1n) is 9.22. The average Bonchev–Trinajstić information content (AvgIpc) is 3.42. The van der Waals surface area contributed by atoms with Crippen LogP contribution < -0.4 is 5.32 Å². The van der Waals surface area contributed by atoms with Crippen molar-refractivity contribution in [3.8, 4) is 0 Å². The Balaban J connectivity index is 1.64. The van der Waals surface area contributed by atoms with Crippen LogP contribution in [0, 0.1) is 6.92 Å². The number of carbonyl (C=O) groups is 2. The van der Waals surface area contributed by atoms with Crippen LogP contribution in [-0.2, 0) is 4.79 Å². The molecule has 0 aliphatic heterocycles. The van der Waals surface area contributed by atoms with E-state index < -0.39 is 24.5 Å². The highest BCUT2D eigenvalue weighted by atomic mass is 16.4. The van der Waals surface area contributed by atoms with Crippen LogP contribution in [0.1, 0.15) is 45.5 Å². The topological polar surface area (TPSA) is 99.8 Å². The maximum Gasteiger partial charge on any atom is 0.328 e. The van der Waals surface area contributed by atoms with Crippen molar-refractivity contribution >= 4 is 22.8 Å². The van der Waals surface area contributed by atoms with Gasteiger partial charge in [0.25, 0.3) is 5.91 Å². The molecule has 1 aliphatic carbocycles. The van der Waals surface area contributed by atoms with Crippen LogP contribution >= 0.6 is 0 Å². The van der Waals surface area contributed by atoms with Gasteiger partial charge in [0.1, 0.15) is 11.3 Å². The molecule has 144 valence electrons. The Hall–Kier alpha value is -3.12. The van der Waals surface area contributed by atoms with E-state index in [-0.39, 0.29) is 0 Å². The van der Waals surface area contributed by atoms with E-state index in [9.17, 15) is 9.59 Å². The molecule has 2 aromatic carbocycles. The Morgan fingerprint density at radius 2 is 1.86 bits per heavy atom. The van der Waals surface area contributed by atoms with Crippen molar-refractivity contribution in [1.82, 2.24) is 5.32 Å². The third-order valence-corrected chi connectivity index (χ3v) is 5.35. The summed E-state index contributed by atoms with van der Waals surface area (Å²) in [5, 5.41) is 21.2. The number of aliphatic hydroxyl groups excluding tert-OH is 1. The van der Waals surface area contributed by atoms with Gasteiger partial charge in [0.05, 0.1) is 12.2 Å². The molecule has 1 saturated carbocycles. The lowest BCUT2D eigenvalue weighted by atomic mass is 10.0. The van der Waals surface area contributed by atoms with Crippen LogP contribution in [0.4, 0.5) is 0 Å². The van der Waals surface area contributed by atoms with Crippen molar-refractivity contribution in [3.63, 3.8) is 0 Å². The van der Waals surface area contributed by atoms with Crippen LogP contribution in [0.25, 0.3) is 11.0 Å². The number of nitrogens with one attached hydrogen (secondary N) is 1. The Kier molecular flexibility index (Phi) is 4.65. The number of aryl methyl sites for hydroxylation is 1. The molecule has 3 N–H and O–H groups in total. The van der Waals surface area contributed by atoms with E-state index in [1.165, 1.54) is 5.56 Å². The summed E-state index contributed by atoms with van der Waals surface area (Å²) >= 11 is 0. The van der Waals surface area contributed by atoms with Gasteiger partial charge < -0.3 is 19.9 Å². The number of fused-ring (bicyclic) bond motifs is 1. The van der Waals surface area contributed by atoms with Gasteiger partial charge >= 0.3 is 5.97 Å². The Bertz CT molecular complexity index is 1040. The maximum absolute atomic E-state index is 12.7. The normalized spacial score (nSPS) is 19.4. The first kappa shape index (κ1) is 18.3. The second-order valence-electron chi connectivity index (χ2n) is 7.20. The second-order valence-corrected chi connectivity index (χ2v) is 7.20. The Morgan fingerprint density at radius 1 is 1.14 bits per heavy atom. The molecule has 0 radical (unpaired) electrons. The SMILES string of the molecule is Cc1oc2ccc([C@@H]3C[C@H]3c3ccccc3)cc2c1C(=O)N[C@@H](CO)C(=O)O. The third kappa shape index (κ3) is 3.27. The number of furan rings is 1. The molecule has 28 heavy (non-hydrogen) atoms. The van der Waals surface area contributed by atoms with Crippen molar-refractivity contribution in [2.24, 2.45) is 0 Å². The van der Waals surface area contributed by atoms with E-state index in [0.717, 1.165) is 12.0 Å². The first-order valence-corrected chi connectivity index (χ1v) is 9.22. The zero-order valence-corrected chi connectivity index (χ0v) is 15.4. The molecule has 1 aliphatic rings. The summed E-state index contributed by atoms with van der Waals surface area (Å²) in [5.41, 5.74) is 3.34. The van der Waals surface area contributed by atoms with Gasteiger partial charge in [-0.3, -0.25) is 4.79 Å². The summed E-state index contributed by atoms with van der Waals surface area (Å²) in [6, 6.07) is 14.8. The summed E-state index contributed by atoms with van der Waals surface area (Å²) in [6.45, 7) is 0.995. The van der Waals surface area contributed by atoms with E-state index in [0.29, 0.717) is 34.1 Å². The zero-order valence-electron chi connectivity index (χ0n) is 15.4. The third-order valence-electron chi connectivity index (χ3n) is 5.35. The number of carboxylic acid groups (broad SMARTS) is 1. The summed E-state index contributed by atoms with van der Waals surface area (Å²) in [6.07, 6.45) is 1.06. The lowest BCUT2D eigenvalue weighted by Crippen LogP contribution is -2.43. The predicted molar refractivity (Wildman–Crippen MR) is 103 cm³/mol. The standard InChI is InChI=1S/C22H21NO5/c1-12-20(21(25)23-18(11-24)22(26)27)17-9-14(7-8-19(17)28-12)16-10-15(16)13-5-3-2-4-6-13/h2-9,15-16,18,24H,10-11H2,1H3,(H,23,25)(H,26,27)/t15-,16-,18-/m0/s1. The number of aliphatic hydroxyl groups is 1. The van der Waals surface area contributed by atoms with Crippen molar-refractivity contribution in [1.29, 1.82) is 0 Å². The molecular formula is C22H21NO5. The van der Waals surface area contributed by atoms with Crippen LogP contribution in [0.3, 0.4) is 0 Å². The number of hydrogen-bond acceptors (Lipinski definition) is 4. The average molecular weight is 379 g/mol. The zero-order chi connectivity index (χ0) is 19.8. The Morgan fingerprint density at radius 3 is 2.54 bits per heavy atom. The molecule has 3 atom stereocenters. The number of hydrogen-bond donors (Lipinski definition) is 3. The molecule has 6 nitrogen and oxygen atoms in total. The van der Waals surface area contributed by atoms with Gasteiger partial charge in [-0.1, -0.05) is 36.4 Å². The molecule has 3 aromatic rings. The quantitative estimate of drug-likeness (QED) is 0.611. The first-order chi connectivity index (χ1) is 13.5. The van der Waals surface area contributed by atoms with Gasteiger partial charge in [-0.15, -0.1) is 0 Å². The lowest BCUT2D eigenvalue weighted by molar-refractivity contribution is -0.140. The largest absolute Gasteiger partial charge is 0.480 e. The lowest BCUT2D eigenvalue weighted by Gasteiger charge is -2.11. The summed E-state index contributed by atoms with van der Waals surface area (Å²) in [7, 11) is 0. The van der Waals surface area contributed by atoms with Gasteiger partial charge in [0.2, 0.25) is 0 Å². The molecule has 0 bridgehead atoms. The van der Waals surface area contributed by atoms with Gasteiger partial charge in [-0.2, -0.15) is 0 Å². The molecule has 0 saturated heterocycles. The monoisotopic (exact) mass is 379 g/mol. The molecule has 1 heterocycles. The van der Waals surface area contributed by atoms with Gasteiger partial charge in [-0.25, -0.2) is 4.79 Å². The summed E-state index contributed by atoms with van der Waals surface area (Å²) in [4.78, 5) is 23.8. The molecule has 6 heteroatoms. The number of rotatable bonds is 6. The number of aliphatic carboxylic acids is 1. The smallest absolute Gasteiger partial charge is 0.328 e. The minimum atomic E-state index is -1.36. The molecule has 0 spiro atoms. The van der Waals surface area contributed by atoms with E-state index in [4.69, 9.17) is 14.6 Å². The Labute approximate surface area is 161 Å². The van der Waals surface area contributed by atoms with Crippen molar-refractivity contribution in [3.05, 3.63) is 71.0 Å². The van der Waals surface area contributed by atoms with E-state index in [1.54, 1.807) is 6.92 Å². The van der Waals surface area contributed by atoms with Crippen LogP contribution in [-0.4, -0.2) is 34.7 Å². The molecule has 1 aromatic heterocycles. The van der Waals surface area contributed by atoms with E-state index in [1.807, 2.05) is 36.4 Å². The fraction of sp³-hybridized carbons (Fsp3) is 0.273. The van der Waals surface area contributed by atoms with E-state index >= 15 is 0 Å². The van der Waals surface area contributed by atoms with E-state index in [2.05, 4.69) is 17.4 Å². The maximum atomic E-state index is 12.7. The molecule has 4 rings (SSSR count). The number of amides is 1. The van der Waals surface area contributed by atoms with Crippen LogP contribution in [0.5, 0.6) is 0 Å². The summed E-state index contributed by atoms with van der Waals surface area (Å²) < 4.78 is 5.69. The fourth-order valence-electron chi connectivity index (χ4n) is 3.80. The highest BCUT2D eigenvalue weighted by molar-refractivity contribution is 6.08. The minimum Gasteiger partial charge on any atom is -0.480 e.